The highest BCUT2D eigenvalue weighted by atomic mass is 16.8. The average Bonchev–Trinajstić information content (AvgIpc) is 4.03. The SMILES string of the molecule is C=C1C[C@@H]2CC[C@@]34C[C@H]5OC6[C@@H](O[C@H]7CC[C@H](CC(=O)C[C@@H]8[C@@H](OC)[C@@H](C[C@H](O)CNC(=O)CCOCCOCCOCCOCCN=[N+]=[N-])O[C@H]8C[C@H]8O[C@@H](CC[C@@H]1O2)C[C@@H](C)C8=C)O[C@@H]7[C@@H]6O3)[C@H]5O4. The molecule has 0 saturated carbocycles. The number of hydrogen-bond acceptors (Lipinski definition) is 17. The highest BCUT2D eigenvalue weighted by Gasteiger charge is 2.69. The van der Waals surface area contributed by atoms with Crippen LogP contribution in [-0.4, -0.2) is 193 Å². The summed E-state index contributed by atoms with van der Waals surface area (Å²) in [6, 6.07) is 0. The lowest BCUT2D eigenvalue weighted by Gasteiger charge is -2.47. The molecule has 12 bridgehead atoms. The Balaban J connectivity index is 0.796. The second-order valence-electron chi connectivity index (χ2n) is 21.1. The van der Waals surface area contributed by atoms with Crippen molar-refractivity contribution in [1.82, 2.24) is 5.32 Å². The first-order chi connectivity index (χ1) is 34.5. The van der Waals surface area contributed by atoms with Crippen LogP contribution in [0.3, 0.4) is 0 Å². The number of hydrogen-bond donors (Lipinski definition) is 2. The zero-order valence-corrected chi connectivity index (χ0v) is 41.7. The molecule has 398 valence electrons. The number of Topliss-reactive ketones (excluding diaryl/α,β-unsaturated/α-hetero) is 1. The van der Waals surface area contributed by atoms with Crippen LogP contribution in [0.2, 0.25) is 0 Å². The van der Waals surface area contributed by atoms with Gasteiger partial charge in [-0.3, -0.25) is 9.59 Å². The van der Waals surface area contributed by atoms with Crippen LogP contribution in [0.1, 0.15) is 96.8 Å². The number of ketones is 1. The molecule has 10 saturated heterocycles. The van der Waals surface area contributed by atoms with Gasteiger partial charge in [-0.15, -0.1) is 0 Å². The predicted molar refractivity (Wildman–Crippen MR) is 252 cm³/mol. The van der Waals surface area contributed by atoms with Crippen molar-refractivity contribution in [2.24, 2.45) is 17.0 Å². The van der Waals surface area contributed by atoms with Gasteiger partial charge >= 0.3 is 0 Å². The van der Waals surface area contributed by atoms with Gasteiger partial charge in [0.2, 0.25) is 5.91 Å². The molecule has 1 amide bonds. The molecule has 2 N–H and O–H groups in total. The van der Waals surface area contributed by atoms with Gasteiger partial charge in [0.15, 0.2) is 5.79 Å². The molecule has 10 fully saturated rings. The fourth-order valence-corrected chi connectivity index (χ4v) is 12.7. The van der Waals surface area contributed by atoms with Crippen LogP contribution in [0.5, 0.6) is 0 Å². The number of carbonyl (C=O) groups is 2. The molecule has 71 heavy (non-hydrogen) atoms. The van der Waals surface area contributed by atoms with Crippen LogP contribution in [-0.2, 0) is 71.2 Å². The zero-order valence-electron chi connectivity index (χ0n) is 41.7. The van der Waals surface area contributed by atoms with E-state index in [1.807, 2.05) is 0 Å². The highest BCUT2D eigenvalue weighted by Crippen LogP contribution is 2.54. The summed E-state index contributed by atoms with van der Waals surface area (Å²) >= 11 is 0. The summed E-state index contributed by atoms with van der Waals surface area (Å²) in [5, 5.41) is 17.5. The third kappa shape index (κ3) is 13.1. The fourth-order valence-electron chi connectivity index (χ4n) is 12.7. The lowest BCUT2D eigenvalue weighted by atomic mass is 9.81. The number of aliphatic hydroxyl groups is 1. The van der Waals surface area contributed by atoms with Gasteiger partial charge in [-0.25, -0.2) is 0 Å². The van der Waals surface area contributed by atoms with Gasteiger partial charge < -0.3 is 72.0 Å². The molecular weight excluding hydrogens is 925 g/mol. The van der Waals surface area contributed by atoms with E-state index in [0.29, 0.717) is 71.9 Å². The van der Waals surface area contributed by atoms with E-state index in [0.717, 1.165) is 49.7 Å². The number of nitrogens with one attached hydrogen (secondary N) is 1. The Morgan fingerprint density at radius 1 is 0.775 bits per heavy atom. The number of carbonyl (C=O) groups excluding carboxylic acids is 2. The molecule has 20 heteroatoms. The van der Waals surface area contributed by atoms with E-state index in [9.17, 15) is 14.7 Å². The molecule has 10 aliphatic heterocycles. The molecule has 0 aliphatic carbocycles. The van der Waals surface area contributed by atoms with Gasteiger partial charge in [-0.05, 0) is 67.5 Å². The second-order valence-corrected chi connectivity index (χ2v) is 21.1. The van der Waals surface area contributed by atoms with E-state index >= 15 is 0 Å². The number of methoxy groups -OCH3 is 1. The average molecular weight is 1000 g/mol. The largest absolute Gasteiger partial charge is 0.391 e. The van der Waals surface area contributed by atoms with Crippen molar-refractivity contribution in [2.75, 3.05) is 73.1 Å². The molecule has 1 unspecified atom stereocenters. The van der Waals surface area contributed by atoms with E-state index in [2.05, 4.69) is 35.4 Å². The minimum Gasteiger partial charge on any atom is -0.391 e. The van der Waals surface area contributed by atoms with Gasteiger partial charge in [0, 0.05) is 76.0 Å². The normalized spacial score (nSPS) is 41.3. The van der Waals surface area contributed by atoms with Crippen molar-refractivity contribution in [3.8, 4) is 0 Å². The van der Waals surface area contributed by atoms with Gasteiger partial charge in [0.05, 0.1) is 120 Å². The zero-order chi connectivity index (χ0) is 49.5. The number of aliphatic hydroxyl groups excluding tert-OH is 1. The first-order valence-electron chi connectivity index (χ1n) is 26.5. The second kappa shape index (κ2) is 24.8. The third-order valence-corrected chi connectivity index (χ3v) is 16.2. The van der Waals surface area contributed by atoms with Crippen molar-refractivity contribution >= 4 is 11.7 Å². The lowest BCUT2D eigenvalue weighted by Crippen LogP contribution is -2.61. The van der Waals surface area contributed by atoms with E-state index in [1.165, 1.54) is 0 Å². The van der Waals surface area contributed by atoms with E-state index in [4.69, 9.17) is 67.1 Å². The van der Waals surface area contributed by atoms with Crippen molar-refractivity contribution in [3.05, 3.63) is 34.7 Å². The maximum Gasteiger partial charge on any atom is 0.222 e. The van der Waals surface area contributed by atoms with Crippen LogP contribution in [0, 0.1) is 11.8 Å². The Bertz CT molecular complexity index is 1880. The van der Waals surface area contributed by atoms with Crippen LogP contribution < -0.4 is 5.32 Å². The molecular formula is C51H78N4O16. The van der Waals surface area contributed by atoms with Crippen LogP contribution >= 0.6 is 0 Å². The summed E-state index contributed by atoms with van der Waals surface area (Å²) in [4.78, 5) is 29.8. The summed E-state index contributed by atoms with van der Waals surface area (Å²) in [6.07, 6.45) is 3.07. The Hall–Kier alpha value is -2.63. The first-order valence-corrected chi connectivity index (χ1v) is 26.5. The molecule has 20 nitrogen and oxygen atoms in total. The topological polar surface area (TPSA) is 235 Å². The number of rotatable bonds is 20. The molecule has 0 aromatic carbocycles. The van der Waals surface area contributed by atoms with E-state index in [1.54, 1.807) is 7.11 Å². The summed E-state index contributed by atoms with van der Waals surface area (Å²) < 4.78 is 82.4. The van der Waals surface area contributed by atoms with Gasteiger partial charge in [0.1, 0.15) is 36.3 Å². The van der Waals surface area contributed by atoms with Crippen molar-refractivity contribution in [2.45, 2.75) is 200 Å². The molecule has 1 spiro atoms. The number of azide groups is 1. The predicted octanol–water partition coefficient (Wildman–Crippen LogP) is 4.36. The standard InChI is InChI=1S/C51H78N4O16/c1-29-21-34-5-7-38-30(2)22-36(64-38)9-11-51-27-43-47(70-51)48-49(69-43)50(71-51)46-39(68-48)8-6-35(66-46)23-32(56)24-37-41(26-40(65-34)31(29)3)67-42(45(37)59-4)25-33(57)28-53-44(58)10-13-60-15-17-62-19-20-63-18-16-61-14-12-54-55-52/h29,33-43,45-50,57H,2-3,5-28H2,1,4H3,(H,53,58)/t29-,33+,34+,35-,36+,37+,38+,39+,40-,41+,42-,43-,45-,46+,47+,48+,49?,50+,51+/m1/s1. The first kappa shape index (κ1) is 53.2. The number of ether oxygens (including phenoxy) is 13. The minimum atomic E-state index is -0.937. The minimum absolute atomic E-state index is 0.0121. The molecule has 10 aliphatic rings. The summed E-state index contributed by atoms with van der Waals surface area (Å²) in [6.45, 7) is 14.3. The van der Waals surface area contributed by atoms with Gasteiger partial charge in [-0.1, -0.05) is 25.2 Å². The van der Waals surface area contributed by atoms with Crippen molar-refractivity contribution < 1.29 is 76.3 Å². The lowest BCUT2D eigenvalue weighted by molar-refractivity contribution is -0.292. The third-order valence-electron chi connectivity index (χ3n) is 16.2. The van der Waals surface area contributed by atoms with Crippen LogP contribution in [0.25, 0.3) is 10.4 Å². The Labute approximate surface area is 417 Å². The van der Waals surface area contributed by atoms with Gasteiger partial charge in [-0.2, -0.15) is 0 Å². The Morgan fingerprint density at radius 2 is 1.46 bits per heavy atom. The summed E-state index contributed by atoms with van der Waals surface area (Å²) in [5.41, 5.74) is 10.4. The maximum absolute atomic E-state index is 14.4. The molecule has 19 atom stereocenters. The molecule has 0 aromatic rings. The summed E-state index contributed by atoms with van der Waals surface area (Å²) in [5.74, 6) is -1.14. The van der Waals surface area contributed by atoms with Crippen molar-refractivity contribution in [1.29, 1.82) is 0 Å². The quantitative estimate of drug-likeness (QED) is 0.0567. The fraction of sp³-hybridized carbons (Fsp3) is 0.882. The summed E-state index contributed by atoms with van der Waals surface area (Å²) in [7, 11) is 1.63. The smallest absolute Gasteiger partial charge is 0.222 e. The number of amides is 1. The monoisotopic (exact) mass is 1000 g/mol. The molecule has 10 rings (SSSR count). The highest BCUT2D eigenvalue weighted by molar-refractivity contribution is 5.79. The van der Waals surface area contributed by atoms with Crippen LogP contribution in [0.4, 0.5) is 0 Å². The number of nitrogens with zero attached hydrogens (tertiary/aromatic N) is 3. The number of fused-ring (bicyclic) bond motifs is 6. The van der Waals surface area contributed by atoms with E-state index < -0.39 is 36.3 Å². The molecule has 10 heterocycles. The van der Waals surface area contributed by atoms with Crippen molar-refractivity contribution in [3.63, 3.8) is 0 Å². The molecule has 0 radical (unpaired) electrons. The van der Waals surface area contributed by atoms with Gasteiger partial charge in [0.25, 0.3) is 0 Å². The molecule has 0 aromatic heterocycles. The Kier molecular flexibility index (Phi) is 18.6. The maximum atomic E-state index is 14.4. The van der Waals surface area contributed by atoms with Crippen LogP contribution in [0.15, 0.2) is 29.4 Å². The van der Waals surface area contributed by atoms with E-state index in [-0.39, 0.29) is 136 Å². The Morgan fingerprint density at radius 3 is 2.24 bits per heavy atom.